The highest BCUT2D eigenvalue weighted by Crippen LogP contribution is 2.76. The molecule has 0 aromatic heterocycles. The summed E-state index contributed by atoms with van der Waals surface area (Å²) in [6.07, 6.45) is -18.9. The SMILES string of the molecule is C[C@H]1[C@H](C)CC[C@@]2(C(=O)O[C@@H]3O[C@H](CO[C@@H]4O[C@H](CO)[C@@H](O[C@@H]5O[C@H](C)[C@H](O)[C@@H](O)[C@H]5O)[C@H](O)[C@H]4O)[C@@H](O)[C@H](O)[C@H]3O)CC[C@@]3(C)C(=CC[C@H]4[C@@]5(C)C[C@@H](O)[C@H](O)[C@@](C)(CO)[C@@H]5CC[C@]43C)[C@H]12. The van der Waals surface area contributed by atoms with Crippen molar-refractivity contribution in [3.05, 3.63) is 11.6 Å². The predicted molar refractivity (Wildman–Crippen MR) is 231 cm³/mol. The second kappa shape index (κ2) is 18.5. The monoisotopic (exact) mass is 959 g/mol. The number of allylic oxidation sites excluding steroid dienone is 2. The van der Waals surface area contributed by atoms with E-state index in [4.69, 9.17) is 28.4 Å². The first kappa shape index (κ1) is 51.9. The highest BCUT2D eigenvalue weighted by molar-refractivity contribution is 5.79. The summed E-state index contributed by atoms with van der Waals surface area (Å²) in [5.74, 6) is -0.386. The van der Waals surface area contributed by atoms with Crippen molar-refractivity contribution in [1.82, 2.24) is 0 Å². The van der Waals surface area contributed by atoms with Gasteiger partial charge in [0, 0.05) is 5.41 Å². The molecule has 12 N–H and O–H groups in total. The van der Waals surface area contributed by atoms with Gasteiger partial charge in [-0.2, -0.15) is 0 Å². The third-order valence-corrected chi connectivity index (χ3v) is 19.7. The molecule has 3 saturated heterocycles. The Morgan fingerprint density at radius 1 is 0.701 bits per heavy atom. The van der Waals surface area contributed by atoms with E-state index in [0.717, 1.165) is 19.3 Å². The summed E-state index contributed by atoms with van der Waals surface area (Å²) in [5, 5.41) is 130. The molecule has 27 atom stereocenters. The molecule has 8 aliphatic rings. The van der Waals surface area contributed by atoms with E-state index in [1.807, 2.05) is 6.92 Å². The molecular weight excluding hydrogens is 881 g/mol. The Kier molecular flexibility index (Phi) is 14.4. The molecule has 5 aliphatic carbocycles. The van der Waals surface area contributed by atoms with Crippen molar-refractivity contribution < 1.29 is 94.5 Å². The molecule has 0 aromatic carbocycles. The van der Waals surface area contributed by atoms with E-state index in [1.54, 1.807) is 0 Å². The molecule has 0 radical (unpaired) electrons. The molecule has 67 heavy (non-hydrogen) atoms. The summed E-state index contributed by atoms with van der Waals surface area (Å²) in [6.45, 7) is 13.0. The Bertz CT molecular complexity index is 1820. The minimum Gasteiger partial charge on any atom is -0.432 e. The zero-order chi connectivity index (χ0) is 49.1. The molecule has 0 spiro atoms. The van der Waals surface area contributed by atoms with Gasteiger partial charge in [0.25, 0.3) is 0 Å². The van der Waals surface area contributed by atoms with Crippen molar-refractivity contribution in [3.63, 3.8) is 0 Å². The number of rotatable bonds is 9. The zero-order valence-corrected chi connectivity index (χ0v) is 39.8. The molecular formula is C48H78O19. The molecule has 19 nitrogen and oxygen atoms in total. The standard InChI is InChI=1S/C48H78O19/c1-20-10-13-48(15-14-46(6)23(29(48)21(20)2)8-9-28-44(4)16-24(51)39(60)45(5,19-50)27(44)11-12-47(28,46)7)43(61)67-42-36(58)33(55)31(53)26(65-42)18-62-40-37(59)34(56)38(25(17-49)64-40)66-41-35(57)32(54)30(52)22(3)63-41/h8,20-22,24-42,49-60H,9-19H2,1-7H3/t20-,21+,22-,24-,25-,26-,27-,28+,29+,30+,31-,32-,33+,34-,35-,36-,37-,38-,39+,40-,41+,42+,44+,45+,46+,47-,48-/m1/s1. The molecule has 3 aliphatic heterocycles. The first-order valence-electron chi connectivity index (χ1n) is 24.5. The average molecular weight is 959 g/mol. The molecule has 0 amide bonds. The second-order valence-corrected chi connectivity index (χ2v) is 22.9. The zero-order valence-electron chi connectivity index (χ0n) is 39.8. The number of ether oxygens (including phenoxy) is 6. The molecule has 7 fully saturated rings. The van der Waals surface area contributed by atoms with Gasteiger partial charge in [0.1, 0.15) is 67.1 Å². The quantitative estimate of drug-likeness (QED) is 0.0971. The Hall–Kier alpha value is -1.47. The van der Waals surface area contributed by atoms with Gasteiger partial charge in [0.05, 0.1) is 43.5 Å². The van der Waals surface area contributed by atoms with Gasteiger partial charge < -0.3 is 89.7 Å². The number of esters is 1. The van der Waals surface area contributed by atoms with E-state index >= 15 is 4.79 Å². The number of carbonyl (C=O) groups is 1. The minimum atomic E-state index is -1.86. The van der Waals surface area contributed by atoms with Crippen molar-refractivity contribution >= 4 is 5.97 Å². The largest absolute Gasteiger partial charge is 0.432 e. The third-order valence-electron chi connectivity index (χ3n) is 19.7. The van der Waals surface area contributed by atoms with Crippen LogP contribution in [-0.4, -0.2) is 191 Å². The van der Waals surface area contributed by atoms with Gasteiger partial charge in [-0.3, -0.25) is 4.79 Å². The van der Waals surface area contributed by atoms with Crippen LogP contribution in [0.4, 0.5) is 0 Å². The van der Waals surface area contributed by atoms with E-state index < -0.39 is 134 Å². The van der Waals surface area contributed by atoms with Gasteiger partial charge >= 0.3 is 5.97 Å². The maximum atomic E-state index is 15.0. The molecule has 0 aromatic rings. The second-order valence-electron chi connectivity index (χ2n) is 22.9. The summed E-state index contributed by atoms with van der Waals surface area (Å²) in [6, 6.07) is 0. The number of fused-ring (bicyclic) bond motifs is 7. The van der Waals surface area contributed by atoms with E-state index in [9.17, 15) is 61.3 Å². The van der Waals surface area contributed by atoms with Crippen LogP contribution in [-0.2, 0) is 33.2 Å². The van der Waals surface area contributed by atoms with Crippen molar-refractivity contribution in [1.29, 1.82) is 0 Å². The van der Waals surface area contributed by atoms with E-state index in [1.165, 1.54) is 12.5 Å². The van der Waals surface area contributed by atoms with E-state index in [0.29, 0.717) is 32.1 Å². The Balaban J connectivity index is 0.985. The number of aliphatic hydroxyl groups is 12. The lowest BCUT2D eigenvalue weighted by atomic mass is 9.33. The minimum absolute atomic E-state index is 0.0112. The van der Waals surface area contributed by atoms with Crippen LogP contribution >= 0.6 is 0 Å². The lowest BCUT2D eigenvalue weighted by Crippen LogP contribution is -2.68. The smallest absolute Gasteiger partial charge is 0.315 e. The average Bonchev–Trinajstić information content (AvgIpc) is 3.29. The molecule has 4 saturated carbocycles. The number of hydrogen-bond acceptors (Lipinski definition) is 19. The van der Waals surface area contributed by atoms with Crippen LogP contribution in [0.5, 0.6) is 0 Å². The summed E-state index contributed by atoms with van der Waals surface area (Å²) in [7, 11) is 0. The van der Waals surface area contributed by atoms with Gasteiger partial charge in [-0.15, -0.1) is 0 Å². The lowest BCUT2D eigenvalue weighted by molar-refractivity contribution is -0.361. The normalized spacial score (nSPS) is 56.7. The highest BCUT2D eigenvalue weighted by atomic mass is 16.8. The van der Waals surface area contributed by atoms with Crippen LogP contribution < -0.4 is 0 Å². The van der Waals surface area contributed by atoms with Gasteiger partial charge in [-0.25, -0.2) is 0 Å². The first-order valence-corrected chi connectivity index (χ1v) is 24.5. The molecule has 0 unspecified atom stereocenters. The maximum Gasteiger partial charge on any atom is 0.315 e. The fourth-order valence-electron chi connectivity index (χ4n) is 15.2. The van der Waals surface area contributed by atoms with Crippen LogP contribution in [0.1, 0.15) is 99.8 Å². The fourth-order valence-corrected chi connectivity index (χ4v) is 15.2. The summed E-state index contributed by atoms with van der Waals surface area (Å²) in [5.41, 5.74) is -1.64. The molecule has 19 heteroatoms. The van der Waals surface area contributed by atoms with E-state index in [2.05, 4.69) is 40.7 Å². The Morgan fingerprint density at radius 2 is 1.34 bits per heavy atom. The van der Waals surface area contributed by atoms with Gasteiger partial charge in [-0.05, 0) is 104 Å². The van der Waals surface area contributed by atoms with Gasteiger partial charge in [0.15, 0.2) is 12.6 Å². The molecule has 384 valence electrons. The number of carbonyl (C=O) groups excluding carboxylic acids is 1. The maximum absolute atomic E-state index is 15.0. The van der Waals surface area contributed by atoms with Crippen molar-refractivity contribution in [2.24, 2.45) is 56.7 Å². The van der Waals surface area contributed by atoms with E-state index in [-0.39, 0.29) is 52.4 Å². The third kappa shape index (κ3) is 7.92. The molecule has 8 rings (SSSR count). The molecule has 3 heterocycles. The van der Waals surface area contributed by atoms with Crippen molar-refractivity contribution in [2.75, 3.05) is 19.8 Å². The fraction of sp³-hybridized carbons (Fsp3) is 0.938. The number of hydrogen-bond donors (Lipinski definition) is 12. The predicted octanol–water partition coefficient (Wildman–Crippen LogP) is -1.03. The number of aliphatic hydroxyl groups excluding tert-OH is 12. The van der Waals surface area contributed by atoms with Crippen LogP contribution in [0, 0.1) is 56.7 Å². The Labute approximate surface area is 392 Å². The topological polar surface area (TPSA) is 315 Å². The van der Waals surface area contributed by atoms with Crippen LogP contribution in [0.15, 0.2) is 11.6 Å². The van der Waals surface area contributed by atoms with Crippen molar-refractivity contribution in [2.45, 2.75) is 204 Å². The highest BCUT2D eigenvalue weighted by Gasteiger charge is 2.71. The van der Waals surface area contributed by atoms with Crippen LogP contribution in [0.3, 0.4) is 0 Å². The Morgan fingerprint density at radius 3 is 2.01 bits per heavy atom. The summed E-state index contributed by atoms with van der Waals surface area (Å²) >= 11 is 0. The van der Waals surface area contributed by atoms with Crippen LogP contribution in [0.25, 0.3) is 0 Å². The van der Waals surface area contributed by atoms with Crippen molar-refractivity contribution in [3.8, 4) is 0 Å². The van der Waals surface area contributed by atoms with Gasteiger partial charge in [-0.1, -0.05) is 53.2 Å². The summed E-state index contributed by atoms with van der Waals surface area (Å²) < 4.78 is 34.7. The van der Waals surface area contributed by atoms with Gasteiger partial charge in [0.2, 0.25) is 6.29 Å². The molecule has 0 bridgehead atoms. The summed E-state index contributed by atoms with van der Waals surface area (Å²) in [4.78, 5) is 15.0. The van der Waals surface area contributed by atoms with Crippen LogP contribution in [0.2, 0.25) is 0 Å². The lowest BCUT2D eigenvalue weighted by Gasteiger charge is -2.71. The first-order chi connectivity index (χ1) is 31.4.